The molecule has 3 aromatic carbocycles. The first-order valence-corrected chi connectivity index (χ1v) is 9.97. The number of amides is 3. The predicted molar refractivity (Wildman–Crippen MR) is 118 cm³/mol. The highest BCUT2D eigenvalue weighted by Gasteiger charge is 2.35. The molecule has 0 fully saturated rings. The van der Waals surface area contributed by atoms with Gasteiger partial charge in [0.15, 0.2) is 0 Å². The van der Waals surface area contributed by atoms with Gasteiger partial charge in [0, 0.05) is 24.3 Å². The van der Waals surface area contributed by atoms with Gasteiger partial charge in [-0.15, -0.1) is 0 Å². The molecule has 0 saturated heterocycles. The van der Waals surface area contributed by atoms with Gasteiger partial charge in [0.25, 0.3) is 17.7 Å². The number of carbonyl (C=O) groups is 3. The topological polar surface area (TPSA) is 66.9 Å². The van der Waals surface area contributed by atoms with Crippen LogP contribution in [0, 0.1) is 6.92 Å². The number of fused-ring (bicyclic) bond motifs is 1. The zero-order valence-electron chi connectivity index (χ0n) is 17.4. The summed E-state index contributed by atoms with van der Waals surface area (Å²) < 4.78 is 5.17. The standard InChI is InChI=1S/C25H22N2O4/c1-17-7-11-19(12-8-17)26(23(28)18-9-13-20(31-2)14-10-18)15-16-27-24(29)21-5-3-4-6-22(21)25(27)30/h3-14H,15-16H2,1-2H3. The Morgan fingerprint density at radius 3 is 2.00 bits per heavy atom. The Morgan fingerprint density at radius 1 is 0.871 bits per heavy atom. The molecule has 0 N–H and O–H groups in total. The zero-order valence-corrected chi connectivity index (χ0v) is 17.4. The van der Waals surface area contributed by atoms with E-state index in [1.165, 1.54) is 4.90 Å². The van der Waals surface area contributed by atoms with Gasteiger partial charge in [-0.1, -0.05) is 29.8 Å². The van der Waals surface area contributed by atoms with Crippen molar-refractivity contribution in [1.29, 1.82) is 0 Å². The highest BCUT2D eigenvalue weighted by atomic mass is 16.5. The van der Waals surface area contributed by atoms with Crippen molar-refractivity contribution in [3.05, 3.63) is 95.1 Å². The van der Waals surface area contributed by atoms with E-state index in [-0.39, 0.29) is 30.8 Å². The van der Waals surface area contributed by atoms with Crippen LogP contribution in [-0.4, -0.2) is 42.8 Å². The Bertz CT molecular complexity index is 1100. The molecule has 0 atom stereocenters. The average molecular weight is 414 g/mol. The number of aryl methyl sites for hydroxylation is 1. The maximum absolute atomic E-state index is 13.3. The van der Waals surface area contributed by atoms with Gasteiger partial charge in [-0.05, 0) is 55.5 Å². The fourth-order valence-electron chi connectivity index (χ4n) is 3.60. The molecule has 0 unspecified atom stereocenters. The first kappa shape index (κ1) is 20.3. The number of rotatable bonds is 6. The molecule has 0 radical (unpaired) electrons. The van der Waals surface area contributed by atoms with E-state index in [2.05, 4.69) is 0 Å². The van der Waals surface area contributed by atoms with E-state index in [4.69, 9.17) is 4.74 Å². The van der Waals surface area contributed by atoms with E-state index in [0.29, 0.717) is 28.1 Å². The van der Waals surface area contributed by atoms with E-state index in [1.807, 2.05) is 31.2 Å². The molecule has 0 aliphatic carbocycles. The minimum Gasteiger partial charge on any atom is -0.497 e. The van der Waals surface area contributed by atoms with Crippen LogP contribution in [0.5, 0.6) is 5.75 Å². The Morgan fingerprint density at radius 2 is 1.45 bits per heavy atom. The van der Waals surface area contributed by atoms with Crippen molar-refractivity contribution in [3.63, 3.8) is 0 Å². The van der Waals surface area contributed by atoms with Crippen LogP contribution in [-0.2, 0) is 0 Å². The third kappa shape index (κ3) is 3.92. The molecule has 3 amide bonds. The fourth-order valence-corrected chi connectivity index (χ4v) is 3.60. The zero-order chi connectivity index (χ0) is 22.0. The maximum Gasteiger partial charge on any atom is 0.261 e. The third-order valence-corrected chi connectivity index (χ3v) is 5.35. The van der Waals surface area contributed by atoms with Crippen LogP contribution in [0.1, 0.15) is 36.6 Å². The summed E-state index contributed by atoms with van der Waals surface area (Å²) in [6.07, 6.45) is 0. The molecule has 3 aromatic rings. The third-order valence-electron chi connectivity index (χ3n) is 5.35. The number of benzene rings is 3. The summed E-state index contributed by atoms with van der Waals surface area (Å²) in [5, 5.41) is 0. The Kier molecular flexibility index (Phi) is 5.54. The second kappa shape index (κ2) is 8.44. The lowest BCUT2D eigenvalue weighted by Gasteiger charge is -2.25. The highest BCUT2D eigenvalue weighted by molar-refractivity contribution is 6.21. The van der Waals surface area contributed by atoms with Crippen molar-refractivity contribution in [2.45, 2.75) is 6.92 Å². The second-order valence-electron chi connectivity index (χ2n) is 7.33. The van der Waals surface area contributed by atoms with Gasteiger partial charge in [0.2, 0.25) is 0 Å². The monoisotopic (exact) mass is 414 g/mol. The number of imide groups is 1. The van der Waals surface area contributed by atoms with Crippen LogP contribution >= 0.6 is 0 Å². The van der Waals surface area contributed by atoms with Crippen molar-refractivity contribution < 1.29 is 19.1 Å². The minimum absolute atomic E-state index is 0.0993. The van der Waals surface area contributed by atoms with Crippen molar-refractivity contribution in [1.82, 2.24) is 4.90 Å². The molecule has 6 nitrogen and oxygen atoms in total. The molecule has 156 valence electrons. The molecule has 0 saturated carbocycles. The van der Waals surface area contributed by atoms with Crippen molar-refractivity contribution in [3.8, 4) is 5.75 Å². The van der Waals surface area contributed by atoms with E-state index < -0.39 is 0 Å². The summed E-state index contributed by atoms with van der Waals surface area (Å²) in [6, 6.07) is 21.2. The molecule has 4 rings (SSSR count). The average Bonchev–Trinajstić information content (AvgIpc) is 3.05. The normalized spacial score (nSPS) is 12.6. The van der Waals surface area contributed by atoms with E-state index in [9.17, 15) is 14.4 Å². The first-order valence-electron chi connectivity index (χ1n) is 9.97. The van der Waals surface area contributed by atoms with Crippen LogP contribution < -0.4 is 9.64 Å². The van der Waals surface area contributed by atoms with Gasteiger partial charge < -0.3 is 9.64 Å². The Hall–Kier alpha value is -3.93. The lowest BCUT2D eigenvalue weighted by Crippen LogP contribution is -2.41. The van der Waals surface area contributed by atoms with Gasteiger partial charge in [-0.2, -0.15) is 0 Å². The predicted octanol–water partition coefficient (Wildman–Crippen LogP) is 3.95. The molecule has 31 heavy (non-hydrogen) atoms. The van der Waals surface area contributed by atoms with E-state index in [1.54, 1.807) is 60.5 Å². The number of anilines is 1. The van der Waals surface area contributed by atoms with Crippen LogP contribution in [0.4, 0.5) is 5.69 Å². The van der Waals surface area contributed by atoms with Crippen LogP contribution in [0.15, 0.2) is 72.8 Å². The number of nitrogens with zero attached hydrogens (tertiary/aromatic N) is 2. The van der Waals surface area contributed by atoms with E-state index >= 15 is 0 Å². The highest BCUT2D eigenvalue weighted by Crippen LogP contribution is 2.24. The van der Waals surface area contributed by atoms with E-state index in [0.717, 1.165) is 5.56 Å². The van der Waals surface area contributed by atoms with Crippen molar-refractivity contribution in [2.75, 3.05) is 25.1 Å². The number of methoxy groups -OCH3 is 1. The molecule has 1 aliphatic rings. The summed E-state index contributed by atoms with van der Waals surface area (Å²) >= 11 is 0. The summed E-state index contributed by atoms with van der Waals surface area (Å²) in [5.74, 6) is -0.227. The Labute approximate surface area is 180 Å². The Balaban J connectivity index is 1.59. The van der Waals surface area contributed by atoms with Crippen LogP contribution in [0.25, 0.3) is 0 Å². The largest absolute Gasteiger partial charge is 0.497 e. The molecule has 1 heterocycles. The number of carbonyl (C=O) groups excluding carboxylic acids is 3. The summed E-state index contributed by atoms with van der Waals surface area (Å²) in [4.78, 5) is 41.5. The summed E-state index contributed by atoms with van der Waals surface area (Å²) in [5.41, 5.74) is 3.06. The number of hydrogen-bond acceptors (Lipinski definition) is 4. The molecular weight excluding hydrogens is 392 g/mol. The van der Waals surface area contributed by atoms with Gasteiger partial charge in [0.05, 0.1) is 18.2 Å². The molecule has 0 aromatic heterocycles. The van der Waals surface area contributed by atoms with Gasteiger partial charge in [-0.3, -0.25) is 19.3 Å². The molecule has 0 spiro atoms. The molecular formula is C25H22N2O4. The number of ether oxygens (including phenoxy) is 1. The quantitative estimate of drug-likeness (QED) is 0.573. The number of hydrogen-bond donors (Lipinski definition) is 0. The smallest absolute Gasteiger partial charge is 0.261 e. The molecule has 0 bridgehead atoms. The minimum atomic E-state index is -0.332. The summed E-state index contributed by atoms with van der Waals surface area (Å²) in [7, 11) is 1.57. The summed E-state index contributed by atoms with van der Waals surface area (Å²) in [6.45, 7) is 2.25. The fraction of sp³-hybridized carbons (Fsp3) is 0.160. The van der Waals surface area contributed by atoms with Crippen LogP contribution in [0.2, 0.25) is 0 Å². The van der Waals surface area contributed by atoms with Crippen LogP contribution in [0.3, 0.4) is 0 Å². The molecule has 1 aliphatic heterocycles. The van der Waals surface area contributed by atoms with Crippen molar-refractivity contribution in [2.24, 2.45) is 0 Å². The SMILES string of the molecule is COc1ccc(C(=O)N(CCN2C(=O)c3ccccc3C2=O)c2ccc(C)cc2)cc1. The lowest BCUT2D eigenvalue weighted by atomic mass is 10.1. The lowest BCUT2D eigenvalue weighted by molar-refractivity contribution is 0.0654. The van der Waals surface area contributed by atoms with Gasteiger partial charge in [0.1, 0.15) is 5.75 Å². The first-order chi connectivity index (χ1) is 15.0. The van der Waals surface area contributed by atoms with Crippen molar-refractivity contribution >= 4 is 23.4 Å². The second-order valence-corrected chi connectivity index (χ2v) is 7.33. The van der Waals surface area contributed by atoms with Gasteiger partial charge in [-0.25, -0.2) is 0 Å². The van der Waals surface area contributed by atoms with Gasteiger partial charge >= 0.3 is 0 Å². The maximum atomic E-state index is 13.3. The molecule has 6 heteroatoms.